The van der Waals surface area contributed by atoms with Crippen LogP contribution in [0.3, 0.4) is 0 Å². The molecule has 7 heteroatoms. The molecule has 1 N–H and O–H groups in total. The van der Waals surface area contributed by atoms with E-state index in [1.54, 1.807) is 18.8 Å². The van der Waals surface area contributed by atoms with Crippen molar-refractivity contribution in [1.29, 1.82) is 0 Å². The second-order valence-electron chi connectivity index (χ2n) is 8.85. The molecule has 0 amide bonds. The van der Waals surface area contributed by atoms with Crippen LogP contribution in [0.5, 0.6) is 0 Å². The van der Waals surface area contributed by atoms with Gasteiger partial charge in [-0.25, -0.2) is 15.0 Å². The SMILES string of the molecule is Cc1cc(C(C)(C)CNCCC(Cc2ccccc2)C2=COCO2)nc(-n2ccnc2)n1. The fraction of sp³-hybridized carbons (Fsp3) is 0.400. The summed E-state index contributed by atoms with van der Waals surface area (Å²) in [6.45, 7) is 8.41. The van der Waals surface area contributed by atoms with E-state index < -0.39 is 0 Å². The molecule has 3 heterocycles. The average molecular weight is 434 g/mol. The molecule has 0 saturated carbocycles. The van der Waals surface area contributed by atoms with E-state index in [1.165, 1.54) is 5.56 Å². The molecule has 0 aliphatic carbocycles. The molecule has 7 nitrogen and oxygen atoms in total. The molecule has 1 aromatic carbocycles. The first kappa shape index (κ1) is 22.0. The lowest BCUT2D eigenvalue weighted by molar-refractivity contribution is 0.0696. The van der Waals surface area contributed by atoms with Crippen LogP contribution < -0.4 is 5.32 Å². The van der Waals surface area contributed by atoms with E-state index in [2.05, 4.69) is 59.5 Å². The molecule has 0 radical (unpaired) electrons. The topological polar surface area (TPSA) is 74.1 Å². The first-order valence-corrected chi connectivity index (χ1v) is 11.0. The lowest BCUT2D eigenvalue weighted by Crippen LogP contribution is -2.35. The normalized spacial score (nSPS) is 14.5. The van der Waals surface area contributed by atoms with Crippen molar-refractivity contribution in [3.63, 3.8) is 0 Å². The van der Waals surface area contributed by atoms with E-state index in [4.69, 9.17) is 14.5 Å². The predicted molar refractivity (Wildman–Crippen MR) is 123 cm³/mol. The van der Waals surface area contributed by atoms with Gasteiger partial charge in [0, 0.05) is 36.0 Å². The quantitative estimate of drug-likeness (QED) is 0.488. The highest BCUT2D eigenvalue weighted by Crippen LogP contribution is 2.25. The Kier molecular flexibility index (Phi) is 6.85. The molecule has 168 valence electrons. The average Bonchev–Trinajstić information content (AvgIpc) is 3.51. The third-order valence-corrected chi connectivity index (χ3v) is 5.73. The number of hydrogen-bond donors (Lipinski definition) is 1. The Morgan fingerprint density at radius 1 is 1.19 bits per heavy atom. The predicted octanol–water partition coefficient (Wildman–Crippen LogP) is 3.93. The van der Waals surface area contributed by atoms with Gasteiger partial charge in [0.05, 0.1) is 5.69 Å². The number of aromatic nitrogens is 4. The minimum Gasteiger partial charge on any atom is -0.462 e. The van der Waals surface area contributed by atoms with Gasteiger partial charge in [-0.05, 0) is 37.9 Å². The van der Waals surface area contributed by atoms with Crippen molar-refractivity contribution in [3.8, 4) is 5.95 Å². The maximum Gasteiger partial charge on any atom is 0.235 e. The molecule has 4 rings (SSSR count). The third-order valence-electron chi connectivity index (χ3n) is 5.73. The summed E-state index contributed by atoms with van der Waals surface area (Å²) in [5.74, 6) is 1.87. The van der Waals surface area contributed by atoms with Gasteiger partial charge in [-0.2, -0.15) is 0 Å². The molecule has 32 heavy (non-hydrogen) atoms. The molecule has 1 unspecified atom stereocenters. The fourth-order valence-electron chi connectivity index (χ4n) is 3.87. The number of imidazole rings is 1. The van der Waals surface area contributed by atoms with Crippen LogP contribution in [0.2, 0.25) is 0 Å². The van der Waals surface area contributed by atoms with Gasteiger partial charge in [0.2, 0.25) is 12.7 Å². The standard InChI is InChI=1S/C25H31N5O2/c1-19-13-23(29-24(28-19)30-12-11-27-17-30)25(2,3)16-26-10-9-21(22-15-31-18-32-22)14-20-7-5-4-6-8-20/h4-8,11-13,15,17,21,26H,9-10,14,16,18H2,1-3H3. The molecule has 2 aromatic heterocycles. The minimum absolute atomic E-state index is 0.149. The zero-order chi connectivity index (χ0) is 22.4. The van der Waals surface area contributed by atoms with E-state index in [1.807, 2.05) is 23.8 Å². The summed E-state index contributed by atoms with van der Waals surface area (Å²) >= 11 is 0. The van der Waals surface area contributed by atoms with Crippen molar-refractivity contribution in [2.45, 2.75) is 39.0 Å². The lowest BCUT2D eigenvalue weighted by Gasteiger charge is -2.26. The number of nitrogens with zero attached hydrogens (tertiary/aromatic N) is 4. The van der Waals surface area contributed by atoms with Gasteiger partial charge in [-0.15, -0.1) is 0 Å². The van der Waals surface area contributed by atoms with Crippen molar-refractivity contribution in [2.75, 3.05) is 19.9 Å². The smallest absolute Gasteiger partial charge is 0.235 e. The summed E-state index contributed by atoms with van der Waals surface area (Å²) in [6, 6.07) is 12.6. The second kappa shape index (κ2) is 9.96. The molecule has 0 bridgehead atoms. The molecule has 1 aliphatic rings. The summed E-state index contributed by atoms with van der Waals surface area (Å²) < 4.78 is 12.9. The van der Waals surface area contributed by atoms with Crippen LogP contribution in [0.4, 0.5) is 0 Å². The van der Waals surface area contributed by atoms with Gasteiger partial charge in [0.15, 0.2) is 0 Å². The van der Waals surface area contributed by atoms with E-state index in [0.717, 1.165) is 43.1 Å². The Hall–Kier alpha value is -3.19. The van der Waals surface area contributed by atoms with Gasteiger partial charge in [0.1, 0.15) is 18.3 Å². The minimum atomic E-state index is -0.149. The van der Waals surface area contributed by atoms with Gasteiger partial charge < -0.3 is 14.8 Å². The van der Waals surface area contributed by atoms with Gasteiger partial charge in [0.25, 0.3) is 0 Å². The molecule has 0 spiro atoms. The molecule has 0 fully saturated rings. The van der Waals surface area contributed by atoms with E-state index in [0.29, 0.717) is 12.7 Å². The van der Waals surface area contributed by atoms with Crippen LogP contribution in [0, 0.1) is 12.8 Å². The maximum absolute atomic E-state index is 5.70. The van der Waals surface area contributed by atoms with Crippen molar-refractivity contribution < 1.29 is 9.47 Å². The molecule has 1 atom stereocenters. The van der Waals surface area contributed by atoms with Crippen LogP contribution in [-0.4, -0.2) is 39.4 Å². The van der Waals surface area contributed by atoms with E-state index >= 15 is 0 Å². The summed E-state index contributed by atoms with van der Waals surface area (Å²) in [5.41, 5.74) is 3.11. The third kappa shape index (κ3) is 5.53. The Morgan fingerprint density at radius 2 is 2.03 bits per heavy atom. The Bertz CT molecular complexity index is 1030. The highest BCUT2D eigenvalue weighted by molar-refractivity contribution is 5.24. The first-order valence-electron chi connectivity index (χ1n) is 11.0. The highest BCUT2D eigenvalue weighted by atomic mass is 16.7. The van der Waals surface area contributed by atoms with Crippen molar-refractivity contribution >= 4 is 0 Å². The Labute approximate surface area is 189 Å². The molecular weight excluding hydrogens is 402 g/mol. The van der Waals surface area contributed by atoms with Crippen LogP contribution >= 0.6 is 0 Å². The van der Waals surface area contributed by atoms with Crippen molar-refractivity contribution in [2.24, 2.45) is 5.92 Å². The van der Waals surface area contributed by atoms with E-state index in [-0.39, 0.29) is 11.3 Å². The Balaban J connectivity index is 1.37. The van der Waals surface area contributed by atoms with Gasteiger partial charge in [-0.1, -0.05) is 44.2 Å². The molecule has 0 saturated heterocycles. The largest absolute Gasteiger partial charge is 0.462 e. The first-order chi connectivity index (χ1) is 15.5. The van der Waals surface area contributed by atoms with Crippen LogP contribution in [0.15, 0.2) is 67.1 Å². The number of rotatable bonds is 10. The Morgan fingerprint density at radius 3 is 2.75 bits per heavy atom. The lowest BCUT2D eigenvalue weighted by atomic mass is 9.88. The molecular formula is C25H31N5O2. The number of allylic oxidation sites excluding steroid dienone is 1. The number of ether oxygens (including phenoxy) is 2. The highest BCUT2D eigenvalue weighted by Gasteiger charge is 2.25. The summed E-state index contributed by atoms with van der Waals surface area (Å²) in [6.07, 6.45) is 8.97. The number of nitrogens with one attached hydrogen (secondary N) is 1. The van der Waals surface area contributed by atoms with Crippen LogP contribution in [0.25, 0.3) is 5.95 Å². The van der Waals surface area contributed by atoms with E-state index in [9.17, 15) is 0 Å². The summed E-state index contributed by atoms with van der Waals surface area (Å²) in [4.78, 5) is 13.5. The summed E-state index contributed by atoms with van der Waals surface area (Å²) in [7, 11) is 0. The fourth-order valence-corrected chi connectivity index (χ4v) is 3.87. The molecule has 1 aliphatic heterocycles. The number of benzene rings is 1. The van der Waals surface area contributed by atoms with Crippen LogP contribution in [-0.2, 0) is 21.3 Å². The van der Waals surface area contributed by atoms with Crippen LogP contribution in [0.1, 0.15) is 37.2 Å². The zero-order valence-corrected chi connectivity index (χ0v) is 19.0. The number of hydrogen-bond acceptors (Lipinski definition) is 6. The molecule has 3 aromatic rings. The second-order valence-corrected chi connectivity index (χ2v) is 8.85. The van der Waals surface area contributed by atoms with Gasteiger partial charge >= 0.3 is 0 Å². The zero-order valence-electron chi connectivity index (χ0n) is 19.0. The maximum atomic E-state index is 5.70. The van der Waals surface area contributed by atoms with Crippen molar-refractivity contribution in [1.82, 2.24) is 24.8 Å². The monoisotopic (exact) mass is 433 g/mol. The summed E-state index contributed by atoms with van der Waals surface area (Å²) in [5, 5.41) is 3.63. The number of aryl methyl sites for hydroxylation is 1. The van der Waals surface area contributed by atoms with Crippen molar-refractivity contribution in [3.05, 3.63) is 84.1 Å². The van der Waals surface area contributed by atoms with Gasteiger partial charge in [-0.3, -0.25) is 4.57 Å².